The largest absolute Gasteiger partial charge is 0.514 e. The third kappa shape index (κ3) is 5.39. The molecule has 0 atom stereocenters. The SMILES string of the molecule is COC(=O)Oc1c(CNC(=O)c2ccc(C(C)(C)C)cc2)c(=O)c2ccc(OC)cc2n1-c1ccccc1. The Kier molecular flexibility index (Phi) is 7.52. The molecule has 1 amide bonds. The highest BCUT2D eigenvalue weighted by molar-refractivity contribution is 5.94. The number of hydrogen-bond acceptors (Lipinski definition) is 6. The van der Waals surface area contributed by atoms with E-state index in [0.717, 1.165) is 5.56 Å². The predicted octanol–water partition coefficient (Wildman–Crippen LogP) is 5.37. The molecule has 4 aromatic rings. The topological polar surface area (TPSA) is 95.9 Å². The van der Waals surface area contributed by atoms with E-state index in [1.165, 1.54) is 14.2 Å². The van der Waals surface area contributed by atoms with Crippen molar-refractivity contribution in [1.82, 2.24) is 9.88 Å². The molecule has 4 rings (SSSR count). The number of hydrogen-bond donors (Lipinski definition) is 1. The second-order valence-electron chi connectivity index (χ2n) is 9.73. The van der Waals surface area contributed by atoms with Crippen LogP contribution in [0.5, 0.6) is 11.6 Å². The summed E-state index contributed by atoms with van der Waals surface area (Å²) >= 11 is 0. The summed E-state index contributed by atoms with van der Waals surface area (Å²) in [5, 5.41) is 3.17. The molecule has 0 aliphatic rings. The van der Waals surface area contributed by atoms with Crippen LogP contribution < -0.4 is 20.2 Å². The quantitative estimate of drug-likeness (QED) is 0.348. The number of benzene rings is 3. The Morgan fingerprint density at radius 1 is 0.921 bits per heavy atom. The van der Waals surface area contributed by atoms with Gasteiger partial charge in [0.15, 0.2) is 5.43 Å². The van der Waals surface area contributed by atoms with Crippen LogP contribution in [0.15, 0.2) is 77.6 Å². The van der Waals surface area contributed by atoms with E-state index in [1.807, 2.05) is 42.5 Å². The van der Waals surface area contributed by atoms with Gasteiger partial charge in [-0.05, 0) is 47.4 Å². The Morgan fingerprint density at radius 2 is 1.61 bits per heavy atom. The molecule has 0 unspecified atom stereocenters. The molecule has 1 N–H and O–H groups in total. The van der Waals surface area contributed by atoms with Gasteiger partial charge in [0.2, 0.25) is 5.88 Å². The predicted molar refractivity (Wildman–Crippen MR) is 145 cm³/mol. The highest BCUT2D eigenvalue weighted by Crippen LogP contribution is 2.30. The van der Waals surface area contributed by atoms with Crippen LogP contribution in [0.1, 0.15) is 42.3 Å². The van der Waals surface area contributed by atoms with Gasteiger partial charge in [-0.15, -0.1) is 0 Å². The number of fused-ring (bicyclic) bond motifs is 1. The van der Waals surface area contributed by atoms with Crippen LogP contribution >= 0.6 is 0 Å². The molecular formula is C30H30N2O6. The number of carbonyl (C=O) groups excluding carboxylic acids is 2. The lowest BCUT2D eigenvalue weighted by molar-refractivity contribution is 0.0950. The minimum absolute atomic E-state index is 0.0502. The fraction of sp³-hybridized carbons (Fsp3) is 0.233. The standard InChI is InChI=1S/C30H30N2O6/c1-30(2,3)20-13-11-19(12-14-20)27(34)31-18-24-26(33)23-16-15-22(36-4)17-25(23)32(21-9-7-6-8-10-21)28(24)38-29(35)37-5/h6-17H,18H2,1-5H3,(H,31,34). The average Bonchev–Trinajstić information content (AvgIpc) is 2.92. The molecule has 1 heterocycles. The van der Waals surface area contributed by atoms with Crippen LogP contribution in [-0.2, 0) is 16.7 Å². The van der Waals surface area contributed by atoms with Gasteiger partial charge in [0, 0.05) is 22.7 Å². The number of methoxy groups -OCH3 is 2. The van der Waals surface area contributed by atoms with E-state index >= 15 is 0 Å². The maximum atomic E-state index is 13.7. The van der Waals surface area contributed by atoms with Crippen LogP contribution in [0.25, 0.3) is 16.6 Å². The van der Waals surface area contributed by atoms with Gasteiger partial charge in [-0.2, -0.15) is 0 Å². The third-order valence-electron chi connectivity index (χ3n) is 6.23. The number of aromatic nitrogens is 1. The third-order valence-corrected chi connectivity index (χ3v) is 6.23. The zero-order valence-corrected chi connectivity index (χ0v) is 22.0. The fourth-order valence-electron chi connectivity index (χ4n) is 4.13. The van der Waals surface area contributed by atoms with Crippen molar-refractivity contribution in [2.75, 3.05) is 14.2 Å². The van der Waals surface area contributed by atoms with Crippen molar-refractivity contribution in [1.29, 1.82) is 0 Å². The van der Waals surface area contributed by atoms with Gasteiger partial charge in [-0.3, -0.25) is 14.2 Å². The lowest BCUT2D eigenvalue weighted by Gasteiger charge is -2.20. The number of carbonyl (C=O) groups is 2. The maximum absolute atomic E-state index is 13.7. The summed E-state index contributed by atoms with van der Waals surface area (Å²) < 4.78 is 17.3. The highest BCUT2D eigenvalue weighted by atomic mass is 16.7. The van der Waals surface area contributed by atoms with Gasteiger partial charge in [0.1, 0.15) is 5.75 Å². The van der Waals surface area contributed by atoms with Crippen molar-refractivity contribution >= 4 is 23.0 Å². The maximum Gasteiger partial charge on any atom is 0.514 e. The van der Waals surface area contributed by atoms with Crippen molar-refractivity contribution in [2.24, 2.45) is 0 Å². The molecule has 0 aliphatic carbocycles. The zero-order chi connectivity index (χ0) is 27.4. The summed E-state index contributed by atoms with van der Waals surface area (Å²) in [6.45, 7) is 6.10. The molecule has 8 nitrogen and oxygen atoms in total. The number of amides is 1. The molecular weight excluding hydrogens is 484 g/mol. The first-order chi connectivity index (χ1) is 18.1. The summed E-state index contributed by atoms with van der Waals surface area (Å²) in [6.07, 6.45) is -0.998. The molecule has 196 valence electrons. The van der Waals surface area contributed by atoms with E-state index in [4.69, 9.17) is 14.2 Å². The molecule has 3 aromatic carbocycles. The van der Waals surface area contributed by atoms with Gasteiger partial charge in [0.25, 0.3) is 5.91 Å². The van der Waals surface area contributed by atoms with E-state index in [-0.39, 0.29) is 29.3 Å². The molecule has 0 spiro atoms. The second kappa shape index (κ2) is 10.8. The molecule has 0 bridgehead atoms. The molecule has 0 fully saturated rings. The minimum atomic E-state index is -0.998. The van der Waals surface area contributed by atoms with Gasteiger partial charge in [0.05, 0.1) is 31.8 Å². The molecule has 0 saturated carbocycles. The number of nitrogens with one attached hydrogen (secondary N) is 1. The summed E-state index contributed by atoms with van der Waals surface area (Å²) in [5.41, 5.74) is 2.29. The van der Waals surface area contributed by atoms with Crippen molar-refractivity contribution in [3.63, 3.8) is 0 Å². The molecule has 38 heavy (non-hydrogen) atoms. The number of ether oxygens (including phenoxy) is 3. The Bertz CT molecular complexity index is 1530. The highest BCUT2D eigenvalue weighted by Gasteiger charge is 2.23. The normalized spacial score (nSPS) is 11.2. The van der Waals surface area contributed by atoms with E-state index in [1.54, 1.807) is 34.9 Å². The lowest BCUT2D eigenvalue weighted by atomic mass is 9.87. The van der Waals surface area contributed by atoms with E-state index in [2.05, 4.69) is 26.1 Å². The van der Waals surface area contributed by atoms with Crippen LogP contribution in [0.4, 0.5) is 4.79 Å². The summed E-state index contributed by atoms with van der Waals surface area (Å²) in [4.78, 5) is 39.0. The first-order valence-corrected chi connectivity index (χ1v) is 12.1. The van der Waals surface area contributed by atoms with E-state index in [9.17, 15) is 14.4 Å². The second-order valence-corrected chi connectivity index (χ2v) is 9.73. The lowest BCUT2D eigenvalue weighted by Crippen LogP contribution is -2.29. The van der Waals surface area contributed by atoms with Gasteiger partial charge in [-0.25, -0.2) is 4.79 Å². The zero-order valence-electron chi connectivity index (χ0n) is 22.0. The number of para-hydroxylation sites is 1. The smallest absolute Gasteiger partial charge is 0.497 e. The van der Waals surface area contributed by atoms with Crippen molar-refractivity contribution in [2.45, 2.75) is 32.7 Å². The Hall–Kier alpha value is -4.59. The first-order valence-electron chi connectivity index (χ1n) is 12.1. The fourth-order valence-corrected chi connectivity index (χ4v) is 4.13. The Morgan fingerprint density at radius 3 is 2.21 bits per heavy atom. The molecule has 8 heteroatoms. The van der Waals surface area contributed by atoms with Crippen LogP contribution in [0.3, 0.4) is 0 Å². The van der Waals surface area contributed by atoms with Gasteiger partial charge < -0.3 is 19.5 Å². The van der Waals surface area contributed by atoms with Gasteiger partial charge in [-0.1, -0.05) is 51.1 Å². The first kappa shape index (κ1) is 26.5. The summed E-state index contributed by atoms with van der Waals surface area (Å²) in [7, 11) is 2.70. The van der Waals surface area contributed by atoms with Gasteiger partial charge >= 0.3 is 6.16 Å². The number of pyridine rings is 1. The van der Waals surface area contributed by atoms with Crippen molar-refractivity contribution in [3.8, 4) is 17.3 Å². The number of rotatable bonds is 6. The molecule has 0 saturated heterocycles. The summed E-state index contributed by atoms with van der Waals surface area (Å²) in [5.74, 6) is 0.0949. The van der Waals surface area contributed by atoms with Crippen LogP contribution in [0, 0.1) is 0 Å². The van der Waals surface area contributed by atoms with Crippen LogP contribution in [0.2, 0.25) is 0 Å². The Balaban J connectivity index is 1.84. The van der Waals surface area contributed by atoms with E-state index in [0.29, 0.717) is 27.9 Å². The summed E-state index contributed by atoms with van der Waals surface area (Å²) in [6, 6.07) is 21.4. The Labute approximate surface area is 220 Å². The molecule has 0 aliphatic heterocycles. The molecule has 1 aromatic heterocycles. The number of nitrogens with zero attached hydrogens (tertiary/aromatic N) is 1. The van der Waals surface area contributed by atoms with E-state index < -0.39 is 11.6 Å². The van der Waals surface area contributed by atoms with Crippen molar-refractivity contribution < 1.29 is 23.8 Å². The monoisotopic (exact) mass is 514 g/mol. The minimum Gasteiger partial charge on any atom is -0.497 e. The average molecular weight is 515 g/mol. The molecule has 0 radical (unpaired) electrons. The van der Waals surface area contributed by atoms with Crippen LogP contribution in [-0.4, -0.2) is 30.8 Å². The van der Waals surface area contributed by atoms with Crippen molar-refractivity contribution in [3.05, 3.63) is 99.7 Å².